The fraction of sp³-hybridized carbons (Fsp3) is 0.455. The molecule has 0 saturated heterocycles. The van der Waals surface area contributed by atoms with Crippen molar-refractivity contribution in [3.63, 3.8) is 0 Å². The maximum absolute atomic E-state index is 6.11. The maximum Gasteiger partial charge on any atom is 0.0542 e. The summed E-state index contributed by atoms with van der Waals surface area (Å²) >= 11 is 8.10. The Hall–Kier alpha value is -0.140. The van der Waals surface area contributed by atoms with E-state index in [0.29, 0.717) is 4.75 Å². The normalized spacial score (nSPS) is 35.0. The van der Waals surface area contributed by atoms with Gasteiger partial charge in [0.25, 0.3) is 0 Å². The fourth-order valence-corrected chi connectivity index (χ4v) is 4.27. The summed E-state index contributed by atoms with van der Waals surface area (Å²) in [6.07, 6.45) is 4.26. The van der Waals surface area contributed by atoms with E-state index in [9.17, 15) is 0 Å². The minimum atomic E-state index is 0.593. The highest BCUT2D eigenvalue weighted by atomic mass is 35.5. The molecule has 4 rings (SSSR count). The summed E-state index contributed by atoms with van der Waals surface area (Å²) in [5.74, 6) is 1.05. The van der Waals surface area contributed by atoms with Crippen LogP contribution in [0.5, 0.6) is 0 Å². The molecule has 0 atom stereocenters. The van der Waals surface area contributed by atoms with Gasteiger partial charge in [0.15, 0.2) is 0 Å². The summed E-state index contributed by atoms with van der Waals surface area (Å²) < 4.78 is 0.593. The van der Waals surface area contributed by atoms with Gasteiger partial charge >= 0.3 is 0 Å². The Morgan fingerprint density at radius 3 is 2.46 bits per heavy atom. The Morgan fingerprint density at radius 1 is 1.23 bits per heavy atom. The van der Waals surface area contributed by atoms with Crippen molar-refractivity contribution >= 4 is 23.4 Å². The molecule has 0 radical (unpaired) electrons. The molecular weight excluding hydrogens is 200 g/mol. The predicted molar refractivity (Wildman–Crippen MR) is 57.4 cm³/mol. The first-order chi connectivity index (χ1) is 6.27. The molecule has 0 aromatic heterocycles. The molecule has 0 heterocycles. The van der Waals surface area contributed by atoms with E-state index in [4.69, 9.17) is 11.6 Å². The van der Waals surface area contributed by atoms with E-state index >= 15 is 0 Å². The Labute approximate surface area is 87.7 Å². The zero-order valence-corrected chi connectivity index (χ0v) is 8.87. The van der Waals surface area contributed by atoms with Gasteiger partial charge in [-0.3, -0.25) is 0 Å². The second-order valence-corrected chi connectivity index (χ2v) is 6.11. The van der Waals surface area contributed by atoms with Gasteiger partial charge in [0.1, 0.15) is 0 Å². The number of hydrogen-bond acceptors (Lipinski definition) is 1. The molecule has 0 spiro atoms. The number of thioether (sulfide) groups is 1. The minimum Gasteiger partial charge on any atom is -0.118 e. The van der Waals surface area contributed by atoms with E-state index in [1.165, 1.54) is 24.2 Å². The molecule has 3 aliphatic carbocycles. The summed E-state index contributed by atoms with van der Waals surface area (Å²) in [6.45, 7) is 0. The Balaban J connectivity index is 1.81. The van der Waals surface area contributed by atoms with Crippen molar-refractivity contribution in [1.82, 2.24) is 0 Å². The van der Waals surface area contributed by atoms with Crippen LogP contribution >= 0.6 is 23.4 Å². The van der Waals surface area contributed by atoms with Crippen molar-refractivity contribution in [3.8, 4) is 0 Å². The van der Waals surface area contributed by atoms with E-state index < -0.39 is 0 Å². The van der Waals surface area contributed by atoms with Gasteiger partial charge in [-0.25, -0.2) is 0 Å². The van der Waals surface area contributed by atoms with Crippen molar-refractivity contribution in [1.29, 1.82) is 0 Å². The van der Waals surface area contributed by atoms with Crippen LogP contribution in [0.4, 0.5) is 0 Å². The third-order valence-electron chi connectivity index (χ3n) is 3.15. The first-order valence-corrected chi connectivity index (χ1v) is 5.90. The second kappa shape index (κ2) is 2.68. The predicted octanol–water partition coefficient (Wildman–Crippen LogP) is 3.98. The largest absolute Gasteiger partial charge is 0.118 e. The van der Waals surface area contributed by atoms with Crippen molar-refractivity contribution in [2.45, 2.75) is 28.9 Å². The molecule has 3 saturated carbocycles. The summed E-state index contributed by atoms with van der Waals surface area (Å²) in [5.41, 5.74) is 0. The molecule has 0 N–H and O–H groups in total. The number of halogens is 1. The third kappa shape index (κ3) is 1.21. The lowest BCUT2D eigenvalue weighted by Crippen LogP contribution is -2.55. The highest BCUT2D eigenvalue weighted by Crippen LogP contribution is 2.66. The average molecular weight is 211 g/mol. The molecule has 0 amide bonds. The van der Waals surface area contributed by atoms with Crippen LogP contribution in [-0.2, 0) is 0 Å². The summed E-state index contributed by atoms with van der Waals surface area (Å²) in [7, 11) is 0. The van der Waals surface area contributed by atoms with E-state index in [1.807, 2.05) is 23.9 Å². The molecule has 2 heteroatoms. The highest BCUT2D eigenvalue weighted by Gasteiger charge is 2.57. The minimum absolute atomic E-state index is 0.593. The van der Waals surface area contributed by atoms with Crippen LogP contribution < -0.4 is 0 Å². The summed E-state index contributed by atoms with van der Waals surface area (Å²) in [4.78, 5) is 1.27. The molecule has 0 aliphatic heterocycles. The smallest absolute Gasteiger partial charge is 0.0542 e. The van der Waals surface area contributed by atoms with E-state index in [0.717, 1.165) is 10.9 Å². The fourth-order valence-electron chi connectivity index (χ4n) is 2.28. The molecule has 68 valence electrons. The molecule has 0 nitrogen and oxygen atoms in total. The van der Waals surface area contributed by atoms with Gasteiger partial charge in [0.05, 0.1) is 5.02 Å². The van der Waals surface area contributed by atoms with Crippen molar-refractivity contribution < 1.29 is 0 Å². The van der Waals surface area contributed by atoms with Gasteiger partial charge in [0.2, 0.25) is 0 Å². The van der Waals surface area contributed by atoms with Gasteiger partial charge < -0.3 is 0 Å². The Morgan fingerprint density at radius 2 is 1.92 bits per heavy atom. The molecule has 3 fully saturated rings. The van der Waals surface area contributed by atoms with Gasteiger partial charge in [0, 0.05) is 9.64 Å². The molecule has 2 bridgehead atoms. The lowest BCUT2D eigenvalue weighted by molar-refractivity contribution is 0.0580. The quantitative estimate of drug-likeness (QED) is 0.712. The first-order valence-electron chi connectivity index (χ1n) is 4.71. The van der Waals surface area contributed by atoms with Crippen LogP contribution in [-0.4, -0.2) is 4.75 Å². The van der Waals surface area contributed by atoms with Crippen LogP contribution in [0.3, 0.4) is 0 Å². The number of benzene rings is 1. The SMILES string of the molecule is Clc1ccccc1SC12CC(C1)C2. The number of rotatable bonds is 2. The second-order valence-electron chi connectivity index (χ2n) is 4.19. The summed E-state index contributed by atoms with van der Waals surface area (Å²) in [5, 5.41) is 0.914. The summed E-state index contributed by atoms with van der Waals surface area (Å²) in [6, 6.07) is 8.18. The van der Waals surface area contributed by atoms with Crippen LogP contribution in [0.15, 0.2) is 29.2 Å². The van der Waals surface area contributed by atoms with Gasteiger partial charge in [-0.15, -0.1) is 11.8 Å². The number of hydrogen-bond donors (Lipinski definition) is 0. The molecule has 13 heavy (non-hydrogen) atoms. The van der Waals surface area contributed by atoms with Crippen molar-refractivity contribution in [2.24, 2.45) is 5.92 Å². The van der Waals surface area contributed by atoms with E-state index in [2.05, 4.69) is 12.1 Å². The molecule has 3 aliphatic rings. The molecular formula is C11H11ClS. The van der Waals surface area contributed by atoms with Gasteiger partial charge in [-0.1, -0.05) is 23.7 Å². The van der Waals surface area contributed by atoms with Crippen LogP contribution in [0.25, 0.3) is 0 Å². The van der Waals surface area contributed by atoms with Gasteiger partial charge in [-0.2, -0.15) is 0 Å². The van der Waals surface area contributed by atoms with E-state index in [-0.39, 0.29) is 0 Å². The Bertz CT molecular complexity index is 331. The van der Waals surface area contributed by atoms with Crippen LogP contribution in [0, 0.1) is 5.92 Å². The third-order valence-corrected chi connectivity index (χ3v) is 5.10. The highest BCUT2D eigenvalue weighted by molar-refractivity contribution is 8.01. The van der Waals surface area contributed by atoms with E-state index in [1.54, 1.807) is 0 Å². The maximum atomic E-state index is 6.11. The van der Waals surface area contributed by atoms with Crippen molar-refractivity contribution in [3.05, 3.63) is 29.3 Å². The monoisotopic (exact) mass is 210 g/mol. The topological polar surface area (TPSA) is 0 Å². The van der Waals surface area contributed by atoms with Crippen molar-refractivity contribution in [2.75, 3.05) is 0 Å². The van der Waals surface area contributed by atoms with Gasteiger partial charge in [-0.05, 0) is 37.3 Å². The molecule has 1 aromatic rings. The lowest BCUT2D eigenvalue weighted by Gasteiger charge is -2.61. The average Bonchev–Trinajstić information content (AvgIpc) is 1.97. The first kappa shape index (κ1) is 8.19. The van der Waals surface area contributed by atoms with Crippen LogP contribution in [0.2, 0.25) is 5.02 Å². The zero-order valence-electron chi connectivity index (χ0n) is 7.29. The standard InChI is InChI=1S/C11H11ClS/c12-9-3-1-2-4-10(9)13-11-5-8(6-11)7-11/h1-4,8H,5-7H2. The Kier molecular flexibility index (Phi) is 1.69. The molecule has 0 unspecified atom stereocenters. The lowest BCUT2D eigenvalue weighted by atomic mass is 9.55. The zero-order chi connectivity index (χ0) is 8.89. The van der Waals surface area contributed by atoms with Crippen LogP contribution in [0.1, 0.15) is 19.3 Å². The molecule has 1 aromatic carbocycles.